The molecule has 1 atom stereocenters. The maximum absolute atomic E-state index is 12.5. The molecule has 0 fully saturated rings. The van der Waals surface area contributed by atoms with E-state index in [2.05, 4.69) is 24.1 Å². The molecule has 5 nitrogen and oxygen atoms in total. The van der Waals surface area contributed by atoms with Gasteiger partial charge in [0.2, 0.25) is 0 Å². The van der Waals surface area contributed by atoms with Gasteiger partial charge in [0.15, 0.2) is 0 Å². The topological polar surface area (TPSA) is 54.5 Å². The van der Waals surface area contributed by atoms with Crippen molar-refractivity contribution in [1.29, 1.82) is 0 Å². The number of urea groups is 1. The first kappa shape index (κ1) is 20.5. The number of halogens is 1. The first-order valence-electron chi connectivity index (χ1n) is 8.77. The number of nitrogens with one attached hydrogen (secondary N) is 1. The van der Waals surface area contributed by atoms with Crippen molar-refractivity contribution < 1.29 is 9.53 Å². The molecule has 0 spiro atoms. The fraction of sp³-hybridized carbons (Fsp3) is 0.474. The first-order chi connectivity index (χ1) is 12.4. The lowest BCUT2D eigenvalue weighted by Crippen LogP contribution is -2.46. The number of ether oxygens (including phenoxy) is 1. The van der Waals surface area contributed by atoms with E-state index in [9.17, 15) is 4.79 Å². The highest BCUT2D eigenvalue weighted by Gasteiger charge is 2.21. The molecule has 1 N–H and O–H groups in total. The van der Waals surface area contributed by atoms with Gasteiger partial charge >= 0.3 is 6.03 Å². The Bertz CT molecular complexity index is 703. The van der Waals surface area contributed by atoms with E-state index in [1.807, 2.05) is 36.3 Å². The van der Waals surface area contributed by atoms with Gasteiger partial charge in [-0.2, -0.15) is 0 Å². The van der Waals surface area contributed by atoms with Crippen LogP contribution in [0.4, 0.5) is 4.79 Å². The van der Waals surface area contributed by atoms with E-state index in [-0.39, 0.29) is 18.1 Å². The lowest BCUT2D eigenvalue weighted by atomic mass is 10.2. The Labute approximate surface area is 164 Å². The lowest BCUT2D eigenvalue weighted by molar-refractivity contribution is 0.170. The van der Waals surface area contributed by atoms with Crippen molar-refractivity contribution in [2.24, 2.45) is 0 Å². The van der Waals surface area contributed by atoms with Crippen molar-refractivity contribution in [3.63, 3.8) is 0 Å². The second-order valence-corrected chi connectivity index (χ2v) is 7.84. The summed E-state index contributed by atoms with van der Waals surface area (Å²) in [5.41, 5.74) is 0.879. The molecule has 2 rings (SSSR count). The average molecular weight is 396 g/mol. The number of benzene rings is 1. The molecule has 1 aromatic heterocycles. The summed E-state index contributed by atoms with van der Waals surface area (Å²) >= 11 is 7.41. The van der Waals surface area contributed by atoms with E-state index < -0.39 is 0 Å². The summed E-state index contributed by atoms with van der Waals surface area (Å²) in [6, 6.07) is 7.44. The minimum Gasteiger partial charge on any atom is -0.486 e. The summed E-state index contributed by atoms with van der Waals surface area (Å²) in [5.74, 6) is 0.753. The van der Waals surface area contributed by atoms with Crippen LogP contribution < -0.4 is 10.1 Å². The van der Waals surface area contributed by atoms with Gasteiger partial charge in [-0.25, -0.2) is 9.78 Å². The first-order valence-corrected chi connectivity index (χ1v) is 10.0. The van der Waals surface area contributed by atoms with Crippen LogP contribution in [-0.4, -0.2) is 28.0 Å². The maximum Gasteiger partial charge on any atom is 0.318 e. The van der Waals surface area contributed by atoms with Crippen LogP contribution in [-0.2, 0) is 13.2 Å². The SMILES string of the molecule is CC[C@H](C)N(Cc1csc(COc2ccc(Cl)cc2)n1)C(=O)NC(C)C. The van der Waals surface area contributed by atoms with Crippen LogP contribution in [0.3, 0.4) is 0 Å². The molecule has 0 aliphatic rings. The second kappa shape index (κ2) is 9.78. The predicted octanol–water partition coefficient (Wildman–Crippen LogP) is 5.09. The Morgan fingerprint density at radius 1 is 1.31 bits per heavy atom. The van der Waals surface area contributed by atoms with E-state index in [1.165, 1.54) is 11.3 Å². The van der Waals surface area contributed by atoms with Crippen molar-refractivity contribution >= 4 is 29.0 Å². The number of aromatic nitrogens is 1. The molecule has 2 amide bonds. The minimum absolute atomic E-state index is 0.0543. The van der Waals surface area contributed by atoms with Crippen LogP contribution in [0.15, 0.2) is 29.6 Å². The zero-order chi connectivity index (χ0) is 19.1. The molecule has 0 unspecified atom stereocenters. The highest BCUT2D eigenvalue weighted by molar-refractivity contribution is 7.09. The molecule has 7 heteroatoms. The van der Waals surface area contributed by atoms with Crippen molar-refractivity contribution in [3.05, 3.63) is 45.4 Å². The van der Waals surface area contributed by atoms with Gasteiger partial charge in [-0.15, -0.1) is 11.3 Å². The van der Waals surface area contributed by atoms with Gasteiger partial charge < -0.3 is 15.0 Å². The number of hydrogen-bond acceptors (Lipinski definition) is 4. The summed E-state index contributed by atoms with van der Waals surface area (Å²) < 4.78 is 5.73. The monoisotopic (exact) mass is 395 g/mol. The summed E-state index contributed by atoms with van der Waals surface area (Å²) in [6.45, 7) is 8.94. The number of thiazole rings is 1. The molecule has 0 saturated carbocycles. The smallest absolute Gasteiger partial charge is 0.318 e. The van der Waals surface area contributed by atoms with Gasteiger partial charge in [0.05, 0.1) is 12.2 Å². The minimum atomic E-state index is -0.0543. The predicted molar refractivity (Wildman–Crippen MR) is 107 cm³/mol. The average Bonchev–Trinajstić information content (AvgIpc) is 3.05. The van der Waals surface area contributed by atoms with Gasteiger partial charge in [-0.05, 0) is 51.5 Å². The standard InChI is InChI=1S/C19H26ClN3O2S/c1-5-14(4)23(19(24)21-13(2)3)10-16-12-26-18(22-16)11-25-17-8-6-15(20)7-9-17/h6-9,12-14H,5,10-11H2,1-4H3,(H,21,24)/t14-/m0/s1. The fourth-order valence-corrected chi connectivity index (χ4v) is 3.14. The van der Waals surface area contributed by atoms with Crippen LogP contribution in [0, 0.1) is 0 Å². The van der Waals surface area contributed by atoms with E-state index in [4.69, 9.17) is 16.3 Å². The molecule has 0 radical (unpaired) electrons. The Kier molecular flexibility index (Phi) is 7.72. The quantitative estimate of drug-likeness (QED) is 0.676. The van der Waals surface area contributed by atoms with E-state index in [1.54, 1.807) is 12.1 Å². The highest BCUT2D eigenvalue weighted by Crippen LogP contribution is 2.19. The molecule has 0 aliphatic carbocycles. The molecule has 142 valence electrons. The van der Waals surface area contributed by atoms with Crippen molar-refractivity contribution in [2.75, 3.05) is 0 Å². The molecule has 0 bridgehead atoms. The zero-order valence-corrected chi connectivity index (χ0v) is 17.2. The molecule has 0 aliphatic heterocycles. The summed E-state index contributed by atoms with van der Waals surface area (Å²) in [5, 5.41) is 6.51. The number of carbonyl (C=O) groups excluding carboxylic acids is 1. The lowest BCUT2D eigenvalue weighted by Gasteiger charge is -2.29. The van der Waals surface area contributed by atoms with Crippen molar-refractivity contribution in [3.8, 4) is 5.75 Å². The Hall–Kier alpha value is -1.79. The Balaban J connectivity index is 1.97. The number of hydrogen-bond donors (Lipinski definition) is 1. The largest absolute Gasteiger partial charge is 0.486 e. The molecule has 1 heterocycles. The molecular formula is C19H26ClN3O2S. The number of amides is 2. The highest BCUT2D eigenvalue weighted by atomic mass is 35.5. The van der Waals surface area contributed by atoms with Gasteiger partial charge in [0, 0.05) is 22.5 Å². The third-order valence-electron chi connectivity index (χ3n) is 3.90. The summed E-state index contributed by atoms with van der Waals surface area (Å²) in [4.78, 5) is 18.9. The molecule has 2 aromatic rings. The van der Waals surface area contributed by atoms with Gasteiger partial charge in [-0.3, -0.25) is 0 Å². The third-order valence-corrected chi connectivity index (χ3v) is 5.03. The molecule has 1 aromatic carbocycles. The third kappa shape index (κ3) is 6.18. The molecular weight excluding hydrogens is 370 g/mol. The number of rotatable bonds is 8. The van der Waals surface area contributed by atoms with Crippen LogP contribution in [0.5, 0.6) is 5.75 Å². The summed E-state index contributed by atoms with van der Waals surface area (Å²) in [6.07, 6.45) is 0.891. The van der Waals surface area contributed by atoms with Crippen LogP contribution in [0.25, 0.3) is 0 Å². The van der Waals surface area contributed by atoms with Crippen molar-refractivity contribution in [1.82, 2.24) is 15.2 Å². The number of carbonyl (C=O) groups is 1. The van der Waals surface area contributed by atoms with Gasteiger partial charge in [0.1, 0.15) is 17.4 Å². The number of nitrogens with zero attached hydrogens (tertiary/aromatic N) is 2. The van der Waals surface area contributed by atoms with Crippen LogP contribution >= 0.6 is 22.9 Å². The van der Waals surface area contributed by atoms with Gasteiger partial charge in [-0.1, -0.05) is 18.5 Å². The second-order valence-electron chi connectivity index (χ2n) is 6.46. The van der Waals surface area contributed by atoms with Crippen molar-refractivity contribution in [2.45, 2.75) is 59.4 Å². The van der Waals surface area contributed by atoms with E-state index in [0.29, 0.717) is 18.2 Å². The van der Waals surface area contributed by atoms with Crippen LogP contribution in [0.1, 0.15) is 44.8 Å². The normalized spacial score (nSPS) is 12.1. The molecule has 26 heavy (non-hydrogen) atoms. The van der Waals surface area contributed by atoms with E-state index in [0.717, 1.165) is 22.9 Å². The Morgan fingerprint density at radius 2 is 2.00 bits per heavy atom. The molecule has 0 saturated heterocycles. The fourth-order valence-electron chi connectivity index (χ4n) is 2.32. The Morgan fingerprint density at radius 3 is 2.62 bits per heavy atom. The maximum atomic E-state index is 12.5. The summed E-state index contributed by atoms with van der Waals surface area (Å²) in [7, 11) is 0. The van der Waals surface area contributed by atoms with E-state index >= 15 is 0 Å². The zero-order valence-electron chi connectivity index (χ0n) is 15.7. The van der Waals surface area contributed by atoms with Crippen LogP contribution in [0.2, 0.25) is 5.02 Å². The van der Waals surface area contributed by atoms with Gasteiger partial charge in [0.25, 0.3) is 0 Å².